The minimum atomic E-state index is -0.111. The highest BCUT2D eigenvalue weighted by molar-refractivity contribution is 4.78. The Morgan fingerprint density at radius 3 is 2.43 bits per heavy atom. The molecular weight excluding hydrogens is 174 g/mol. The molecule has 0 aromatic carbocycles. The van der Waals surface area contributed by atoms with Crippen LogP contribution in [0.4, 0.5) is 0 Å². The molecule has 0 aromatic rings. The number of aliphatic hydroxyl groups is 1. The van der Waals surface area contributed by atoms with Crippen LogP contribution in [0.15, 0.2) is 0 Å². The van der Waals surface area contributed by atoms with Crippen molar-refractivity contribution in [2.24, 2.45) is 0 Å². The molecule has 1 aliphatic carbocycles. The van der Waals surface area contributed by atoms with Crippen molar-refractivity contribution >= 4 is 0 Å². The first-order valence-corrected chi connectivity index (χ1v) is 6.20. The van der Waals surface area contributed by atoms with Gasteiger partial charge in [-0.05, 0) is 25.8 Å². The summed E-state index contributed by atoms with van der Waals surface area (Å²) in [4.78, 5) is 2.47. The van der Waals surface area contributed by atoms with Crippen molar-refractivity contribution in [3.8, 4) is 0 Å². The lowest BCUT2D eigenvalue weighted by molar-refractivity contribution is 0.0850. The van der Waals surface area contributed by atoms with Crippen LogP contribution in [0, 0.1) is 0 Å². The van der Waals surface area contributed by atoms with E-state index >= 15 is 0 Å². The number of rotatable bonds is 6. The largest absolute Gasteiger partial charge is 0.392 e. The van der Waals surface area contributed by atoms with E-state index < -0.39 is 0 Å². The lowest BCUT2D eigenvalue weighted by atomic mass is 10.1. The maximum absolute atomic E-state index is 9.77. The number of hydrogen-bond donors (Lipinski definition) is 1. The molecule has 14 heavy (non-hydrogen) atoms. The summed E-state index contributed by atoms with van der Waals surface area (Å²) < 4.78 is 0. The van der Waals surface area contributed by atoms with Gasteiger partial charge in [-0.25, -0.2) is 0 Å². The summed E-state index contributed by atoms with van der Waals surface area (Å²) in [6.07, 6.45) is 7.36. The smallest absolute Gasteiger partial charge is 0.0667 e. The van der Waals surface area contributed by atoms with E-state index in [0.29, 0.717) is 0 Å². The van der Waals surface area contributed by atoms with Gasteiger partial charge in [0.1, 0.15) is 0 Å². The molecule has 0 heterocycles. The van der Waals surface area contributed by atoms with Gasteiger partial charge in [0, 0.05) is 12.6 Å². The Balaban J connectivity index is 2.29. The minimum absolute atomic E-state index is 0.111. The number of aliphatic hydroxyl groups excluding tert-OH is 1. The third-order valence-corrected chi connectivity index (χ3v) is 3.31. The van der Waals surface area contributed by atoms with E-state index in [4.69, 9.17) is 0 Å². The van der Waals surface area contributed by atoms with E-state index in [1.54, 1.807) is 0 Å². The minimum Gasteiger partial charge on any atom is -0.392 e. The summed E-state index contributed by atoms with van der Waals surface area (Å²) in [6.45, 7) is 6.31. The first kappa shape index (κ1) is 12.0. The predicted molar refractivity (Wildman–Crippen MR) is 60.4 cm³/mol. The van der Waals surface area contributed by atoms with Crippen molar-refractivity contribution in [2.75, 3.05) is 13.1 Å². The van der Waals surface area contributed by atoms with Gasteiger partial charge in [-0.2, -0.15) is 0 Å². The standard InChI is InChI=1S/C12H25NO/c1-3-7-12(14)10-13(4-2)11-8-5-6-9-11/h11-12,14H,3-10H2,1-2H3. The van der Waals surface area contributed by atoms with Gasteiger partial charge in [-0.3, -0.25) is 4.90 Å². The Kier molecular flexibility index (Phi) is 5.49. The van der Waals surface area contributed by atoms with Crippen molar-refractivity contribution in [1.82, 2.24) is 4.90 Å². The molecule has 1 atom stereocenters. The Morgan fingerprint density at radius 1 is 1.29 bits per heavy atom. The molecule has 0 radical (unpaired) electrons. The first-order chi connectivity index (χ1) is 6.77. The summed E-state index contributed by atoms with van der Waals surface area (Å²) in [7, 11) is 0. The van der Waals surface area contributed by atoms with Gasteiger partial charge in [-0.15, -0.1) is 0 Å². The van der Waals surface area contributed by atoms with E-state index in [2.05, 4.69) is 18.7 Å². The zero-order valence-electron chi connectivity index (χ0n) is 9.71. The normalized spacial score (nSPS) is 20.6. The highest BCUT2D eigenvalue weighted by Gasteiger charge is 2.22. The molecule has 84 valence electrons. The highest BCUT2D eigenvalue weighted by atomic mass is 16.3. The van der Waals surface area contributed by atoms with Crippen LogP contribution in [0.5, 0.6) is 0 Å². The van der Waals surface area contributed by atoms with Gasteiger partial charge in [0.2, 0.25) is 0 Å². The van der Waals surface area contributed by atoms with Crippen LogP contribution >= 0.6 is 0 Å². The molecule has 2 nitrogen and oxygen atoms in total. The summed E-state index contributed by atoms with van der Waals surface area (Å²) in [5, 5.41) is 9.77. The van der Waals surface area contributed by atoms with E-state index in [1.165, 1.54) is 25.7 Å². The van der Waals surface area contributed by atoms with Crippen LogP contribution in [-0.4, -0.2) is 35.2 Å². The van der Waals surface area contributed by atoms with Crippen molar-refractivity contribution in [1.29, 1.82) is 0 Å². The topological polar surface area (TPSA) is 23.5 Å². The summed E-state index contributed by atoms with van der Waals surface area (Å²) in [5.74, 6) is 0. The van der Waals surface area contributed by atoms with Crippen molar-refractivity contribution in [3.05, 3.63) is 0 Å². The Hall–Kier alpha value is -0.0800. The van der Waals surface area contributed by atoms with Crippen LogP contribution in [0.1, 0.15) is 52.4 Å². The van der Waals surface area contributed by atoms with E-state index in [1.807, 2.05) is 0 Å². The lowest BCUT2D eigenvalue weighted by Gasteiger charge is -2.29. The fraction of sp³-hybridized carbons (Fsp3) is 1.00. The molecule has 1 N–H and O–H groups in total. The average Bonchev–Trinajstić information content (AvgIpc) is 2.67. The molecule has 0 saturated heterocycles. The maximum Gasteiger partial charge on any atom is 0.0667 e. The summed E-state index contributed by atoms with van der Waals surface area (Å²) in [5.41, 5.74) is 0. The Morgan fingerprint density at radius 2 is 1.93 bits per heavy atom. The van der Waals surface area contributed by atoms with Crippen molar-refractivity contribution < 1.29 is 5.11 Å². The second-order valence-electron chi connectivity index (χ2n) is 4.47. The SMILES string of the molecule is CCCC(O)CN(CC)C1CCCC1. The lowest BCUT2D eigenvalue weighted by Crippen LogP contribution is -2.39. The predicted octanol–water partition coefficient (Wildman–Crippen LogP) is 2.41. The third kappa shape index (κ3) is 3.58. The molecule has 0 amide bonds. The number of nitrogens with zero attached hydrogens (tertiary/aromatic N) is 1. The summed E-state index contributed by atoms with van der Waals surface area (Å²) >= 11 is 0. The van der Waals surface area contributed by atoms with E-state index in [9.17, 15) is 5.11 Å². The van der Waals surface area contributed by atoms with Crippen LogP contribution in [0.25, 0.3) is 0 Å². The molecule has 0 aromatic heterocycles. The molecule has 1 aliphatic rings. The monoisotopic (exact) mass is 199 g/mol. The number of hydrogen-bond acceptors (Lipinski definition) is 2. The second-order valence-corrected chi connectivity index (χ2v) is 4.47. The molecule has 2 heteroatoms. The van der Waals surface area contributed by atoms with Gasteiger partial charge in [-0.1, -0.05) is 33.1 Å². The van der Waals surface area contributed by atoms with Crippen LogP contribution in [0.2, 0.25) is 0 Å². The number of likely N-dealkylation sites (N-methyl/N-ethyl adjacent to an activating group) is 1. The Bertz CT molecular complexity index is 143. The van der Waals surface area contributed by atoms with Gasteiger partial charge in [0.05, 0.1) is 6.10 Å². The average molecular weight is 199 g/mol. The van der Waals surface area contributed by atoms with Gasteiger partial charge < -0.3 is 5.11 Å². The quantitative estimate of drug-likeness (QED) is 0.710. The van der Waals surface area contributed by atoms with Gasteiger partial charge in [0.15, 0.2) is 0 Å². The second kappa shape index (κ2) is 6.41. The zero-order valence-corrected chi connectivity index (χ0v) is 9.71. The van der Waals surface area contributed by atoms with Crippen molar-refractivity contribution in [2.45, 2.75) is 64.5 Å². The van der Waals surface area contributed by atoms with Crippen LogP contribution in [0.3, 0.4) is 0 Å². The van der Waals surface area contributed by atoms with E-state index in [0.717, 1.165) is 32.0 Å². The first-order valence-electron chi connectivity index (χ1n) is 6.20. The molecule has 1 fully saturated rings. The van der Waals surface area contributed by atoms with Crippen LogP contribution < -0.4 is 0 Å². The van der Waals surface area contributed by atoms with Crippen LogP contribution in [-0.2, 0) is 0 Å². The van der Waals surface area contributed by atoms with Crippen molar-refractivity contribution in [3.63, 3.8) is 0 Å². The van der Waals surface area contributed by atoms with Gasteiger partial charge >= 0.3 is 0 Å². The maximum atomic E-state index is 9.77. The Labute approximate surface area is 88.3 Å². The molecule has 1 rings (SSSR count). The molecule has 0 bridgehead atoms. The molecule has 0 aliphatic heterocycles. The fourth-order valence-corrected chi connectivity index (χ4v) is 2.50. The molecule has 1 saturated carbocycles. The highest BCUT2D eigenvalue weighted by Crippen LogP contribution is 2.23. The molecule has 1 unspecified atom stereocenters. The summed E-state index contributed by atoms with van der Waals surface area (Å²) in [6, 6.07) is 0.756. The van der Waals surface area contributed by atoms with Gasteiger partial charge in [0.25, 0.3) is 0 Å². The fourth-order valence-electron chi connectivity index (χ4n) is 2.50. The van der Waals surface area contributed by atoms with E-state index in [-0.39, 0.29) is 6.10 Å². The zero-order chi connectivity index (χ0) is 10.4. The molecule has 0 spiro atoms. The third-order valence-electron chi connectivity index (χ3n) is 3.31. The molecular formula is C12H25NO.